The number of aryl methyl sites for hydroxylation is 1. The second kappa shape index (κ2) is 8.33. The van der Waals surface area contributed by atoms with E-state index in [1.165, 1.54) is 38.6 Å². The van der Waals surface area contributed by atoms with Crippen molar-refractivity contribution in [1.82, 2.24) is 5.32 Å². The van der Waals surface area contributed by atoms with Crippen LogP contribution < -0.4 is 5.32 Å². The number of hydrogen-bond donors (Lipinski definition) is 1. The summed E-state index contributed by atoms with van der Waals surface area (Å²) in [6, 6.07) is 5.11. The average molecular weight is 308 g/mol. The van der Waals surface area contributed by atoms with E-state index >= 15 is 0 Å². The van der Waals surface area contributed by atoms with Gasteiger partial charge in [0.1, 0.15) is 0 Å². The third-order valence-electron chi connectivity index (χ3n) is 5.25. The molecule has 1 fully saturated rings. The Morgan fingerprint density at radius 2 is 2.00 bits per heavy atom. The maximum atomic E-state index is 3.69. The second-order valence-electron chi connectivity index (χ2n) is 7.52. The number of rotatable bonds is 7. The topological polar surface area (TPSA) is 12.0 Å². The number of hydrogen-bond acceptors (Lipinski definition) is 2. The summed E-state index contributed by atoms with van der Waals surface area (Å²) in [4.78, 5) is 1.57. The molecule has 1 saturated carbocycles. The Bertz CT molecular complexity index is 382. The molecular formula is C19H33NS. The van der Waals surface area contributed by atoms with E-state index < -0.39 is 0 Å². The summed E-state index contributed by atoms with van der Waals surface area (Å²) in [7, 11) is 0. The summed E-state index contributed by atoms with van der Waals surface area (Å²) in [5, 5.41) is 5.90. The van der Waals surface area contributed by atoms with Crippen molar-refractivity contribution in [3.63, 3.8) is 0 Å². The lowest BCUT2D eigenvalue weighted by atomic mass is 9.69. The lowest BCUT2D eigenvalue weighted by molar-refractivity contribution is 0.136. The molecule has 21 heavy (non-hydrogen) atoms. The molecule has 0 saturated heterocycles. The largest absolute Gasteiger partial charge is 0.314 e. The Balaban J connectivity index is 1.91. The zero-order valence-corrected chi connectivity index (χ0v) is 15.1. The SMILES string of the molecule is CC(C)NCC1CCC(C(C)C)CC1CCc1cccs1. The molecule has 1 aliphatic carbocycles. The Morgan fingerprint density at radius 1 is 1.19 bits per heavy atom. The standard InChI is InChI=1S/C19H33NS/c1-14(2)16-7-8-18(13-20-15(3)4)17(12-16)9-10-19-6-5-11-21-19/h5-6,11,14-18,20H,7-10,12-13H2,1-4H3. The van der Waals surface area contributed by atoms with Crippen LogP contribution >= 0.6 is 11.3 Å². The highest BCUT2D eigenvalue weighted by molar-refractivity contribution is 7.09. The van der Waals surface area contributed by atoms with E-state index in [2.05, 4.69) is 50.5 Å². The molecule has 0 aliphatic heterocycles. The monoisotopic (exact) mass is 307 g/mol. The van der Waals surface area contributed by atoms with Crippen LogP contribution in [0.2, 0.25) is 0 Å². The van der Waals surface area contributed by atoms with Gasteiger partial charge in [-0.2, -0.15) is 0 Å². The van der Waals surface area contributed by atoms with E-state index in [0.717, 1.165) is 23.7 Å². The fraction of sp³-hybridized carbons (Fsp3) is 0.789. The summed E-state index contributed by atoms with van der Waals surface area (Å²) in [5.74, 6) is 3.61. The van der Waals surface area contributed by atoms with Crippen molar-refractivity contribution in [2.45, 2.75) is 65.8 Å². The number of thiophene rings is 1. The van der Waals surface area contributed by atoms with E-state index in [-0.39, 0.29) is 0 Å². The van der Waals surface area contributed by atoms with Crippen LogP contribution in [0.5, 0.6) is 0 Å². The van der Waals surface area contributed by atoms with E-state index in [4.69, 9.17) is 0 Å². The van der Waals surface area contributed by atoms with E-state index in [1.807, 2.05) is 11.3 Å². The van der Waals surface area contributed by atoms with Gasteiger partial charge >= 0.3 is 0 Å². The molecule has 120 valence electrons. The Morgan fingerprint density at radius 3 is 2.62 bits per heavy atom. The van der Waals surface area contributed by atoms with Crippen LogP contribution in [-0.4, -0.2) is 12.6 Å². The predicted molar refractivity (Wildman–Crippen MR) is 94.9 cm³/mol. The minimum atomic E-state index is 0.616. The van der Waals surface area contributed by atoms with Crippen LogP contribution in [0.25, 0.3) is 0 Å². The normalized spacial score (nSPS) is 26.7. The lowest BCUT2D eigenvalue weighted by Gasteiger charge is -2.38. The Hall–Kier alpha value is -0.340. The number of nitrogens with one attached hydrogen (secondary N) is 1. The van der Waals surface area contributed by atoms with Crippen molar-refractivity contribution in [3.05, 3.63) is 22.4 Å². The summed E-state index contributed by atoms with van der Waals surface area (Å²) in [6.07, 6.45) is 6.99. The molecular weight excluding hydrogens is 274 g/mol. The van der Waals surface area contributed by atoms with Gasteiger partial charge in [0.2, 0.25) is 0 Å². The minimum Gasteiger partial charge on any atom is -0.314 e. The zero-order chi connectivity index (χ0) is 15.2. The molecule has 3 atom stereocenters. The molecule has 3 unspecified atom stereocenters. The quantitative estimate of drug-likeness (QED) is 0.714. The molecule has 2 heteroatoms. The predicted octanol–water partition coefficient (Wildman–Crippen LogP) is 5.37. The molecule has 1 nitrogen and oxygen atoms in total. The van der Waals surface area contributed by atoms with E-state index in [1.54, 1.807) is 4.88 Å². The summed E-state index contributed by atoms with van der Waals surface area (Å²) < 4.78 is 0. The van der Waals surface area contributed by atoms with E-state index in [0.29, 0.717) is 6.04 Å². The van der Waals surface area contributed by atoms with Crippen LogP contribution in [0.1, 0.15) is 58.3 Å². The molecule has 1 N–H and O–H groups in total. The fourth-order valence-electron chi connectivity index (χ4n) is 3.76. The van der Waals surface area contributed by atoms with Gasteiger partial charge in [-0.05, 0) is 73.8 Å². The molecule has 1 aromatic rings. The average Bonchev–Trinajstić information content (AvgIpc) is 2.96. The third-order valence-corrected chi connectivity index (χ3v) is 6.19. The van der Waals surface area contributed by atoms with Gasteiger partial charge in [-0.1, -0.05) is 33.8 Å². The maximum Gasteiger partial charge on any atom is 0.00453 e. The highest BCUT2D eigenvalue weighted by Crippen LogP contribution is 2.39. The van der Waals surface area contributed by atoms with Crippen LogP contribution in [0.3, 0.4) is 0 Å². The van der Waals surface area contributed by atoms with Gasteiger partial charge in [-0.25, -0.2) is 0 Å². The Kier molecular flexibility index (Phi) is 6.75. The summed E-state index contributed by atoms with van der Waals surface area (Å²) >= 11 is 1.92. The van der Waals surface area contributed by atoms with Gasteiger partial charge in [0.15, 0.2) is 0 Å². The van der Waals surface area contributed by atoms with Crippen molar-refractivity contribution >= 4 is 11.3 Å². The molecule has 1 aliphatic rings. The molecule has 1 aromatic heterocycles. The molecule has 0 aromatic carbocycles. The summed E-state index contributed by atoms with van der Waals surface area (Å²) in [5.41, 5.74) is 0. The van der Waals surface area contributed by atoms with Crippen LogP contribution in [0.15, 0.2) is 17.5 Å². The Labute approximate surface area is 135 Å². The third kappa shape index (κ3) is 5.41. The lowest BCUT2D eigenvalue weighted by Crippen LogP contribution is -2.37. The van der Waals surface area contributed by atoms with E-state index in [9.17, 15) is 0 Å². The summed E-state index contributed by atoms with van der Waals surface area (Å²) in [6.45, 7) is 10.6. The first-order valence-electron chi connectivity index (χ1n) is 8.82. The molecule has 2 rings (SSSR count). The van der Waals surface area contributed by atoms with Crippen molar-refractivity contribution in [1.29, 1.82) is 0 Å². The highest BCUT2D eigenvalue weighted by atomic mass is 32.1. The maximum absolute atomic E-state index is 3.69. The van der Waals surface area contributed by atoms with Crippen molar-refractivity contribution in [2.75, 3.05) is 6.54 Å². The highest BCUT2D eigenvalue weighted by Gasteiger charge is 2.31. The molecule has 0 bridgehead atoms. The van der Waals surface area contributed by atoms with Gasteiger partial charge in [-0.3, -0.25) is 0 Å². The smallest absolute Gasteiger partial charge is 0.00453 e. The molecule has 0 amide bonds. The van der Waals surface area contributed by atoms with Gasteiger partial charge in [0.25, 0.3) is 0 Å². The van der Waals surface area contributed by atoms with Crippen molar-refractivity contribution < 1.29 is 0 Å². The van der Waals surface area contributed by atoms with Crippen LogP contribution in [-0.2, 0) is 6.42 Å². The molecule has 0 spiro atoms. The van der Waals surface area contributed by atoms with Crippen LogP contribution in [0.4, 0.5) is 0 Å². The van der Waals surface area contributed by atoms with Crippen molar-refractivity contribution in [2.24, 2.45) is 23.7 Å². The van der Waals surface area contributed by atoms with Gasteiger partial charge in [0.05, 0.1) is 0 Å². The first-order chi connectivity index (χ1) is 10.1. The zero-order valence-electron chi connectivity index (χ0n) is 14.3. The first kappa shape index (κ1) is 17.0. The van der Waals surface area contributed by atoms with Crippen molar-refractivity contribution in [3.8, 4) is 0 Å². The minimum absolute atomic E-state index is 0.616. The van der Waals surface area contributed by atoms with Crippen LogP contribution in [0, 0.1) is 23.7 Å². The molecule has 0 radical (unpaired) electrons. The van der Waals surface area contributed by atoms with Gasteiger partial charge < -0.3 is 5.32 Å². The molecule has 1 heterocycles. The first-order valence-corrected chi connectivity index (χ1v) is 9.70. The van der Waals surface area contributed by atoms with Gasteiger partial charge in [-0.15, -0.1) is 11.3 Å². The van der Waals surface area contributed by atoms with Gasteiger partial charge in [0, 0.05) is 10.9 Å². The fourth-order valence-corrected chi connectivity index (χ4v) is 4.49. The second-order valence-corrected chi connectivity index (χ2v) is 8.55.